The molecule has 0 saturated heterocycles. The molecule has 122 valence electrons. The molecule has 0 fully saturated rings. The van der Waals surface area contributed by atoms with Gasteiger partial charge in [0.15, 0.2) is 0 Å². The van der Waals surface area contributed by atoms with Crippen LogP contribution in [0.3, 0.4) is 0 Å². The van der Waals surface area contributed by atoms with Gasteiger partial charge in [0, 0.05) is 13.3 Å². The summed E-state index contributed by atoms with van der Waals surface area (Å²) >= 11 is 0. The maximum atomic E-state index is 11.6. The van der Waals surface area contributed by atoms with E-state index in [9.17, 15) is 8.42 Å². The lowest BCUT2D eigenvalue weighted by Crippen LogP contribution is -2.24. The maximum Gasteiger partial charge on any atom is 0.231 e. The first kappa shape index (κ1) is 17.2. The number of benzene rings is 2. The van der Waals surface area contributed by atoms with Gasteiger partial charge in [-0.25, -0.2) is 8.42 Å². The van der Waals surface area contributed by atoms with Crippen LogP contribution in [0.1, 0.15) is 30.9 Å². The first-order valence-electron chi connectivity index (χ1n) is 7.45. The fourth-order valence-corrected chi connectivity index (χ4v) is 2.57. The number of aliphatic imine (C=N–C) groups is 1. The molecule has 0 spiro atoms. The zero-order valence-corrected chi connectivity index (χ0v) is 14.7. The second-order valence-corrected chi connectivity index (χ2v) is 7.84. The summed E-state index contributed by atoms with van der Waals surface area (Å²) in [6.07, 6.45) is 2.96. The van der Waals surface area contributed by atoms with E-state index in [-0.39, 0.29) is 0 Å². The van der Waals surface area contributed by atoms with Gasteiger partial charge in [-0.2, -0.15) is 0 Å². The van der Waals surface area contributed by atoms with Crippen molar-refractivity contribution >= 4 is 27.6 Å². The van der Waals surface area contributed by atoms with E-state index >= 15 is 0 Å². The van der Waals surface area contributed by atoms with Crippen LogP contribution in [-0.4, -0.2) is 27.9 Å². The van der Waals surface area contributed by atoms with Gasteiger partial charge in [-0.1, -0.05) is 44.2 Å². The minimum Gasteiger partial charge on any atom is -0.273 e. The Morgan fingerprint density at radius 1 is 1.09 bits per heavy atom. The second kappa shape index (κ2) is 6.96. The van der Waals surface area contributed by atoms with Crippen molar-refractivity contribution in [2.24, 2.45) is 4.99 Å². The molecule has 0 unspecified atom stereocenters. The Bertz CT molecular complexity index is 794. The number of nitrogens with zero attached hydrogens (tertiary/aromatic N) is 2. The van der Waals surface area contributed by atoms with Crippen LogP contribution in [0, 0.1) is 0 Å². The predicted molar refractivity (Wildman–Crippen MR) is 97.5 cm³/mol. The molecule has 0 saturated carbocycles. The normalized spacial score (nSPS) is 12.0. The van der Waals surface area contributed by atoms with E-state index in [4.69, 9.17) is 0 Å². The molecule has 0 amide bonds. The van der Waals surface area contributed by atoms with E-state index in [1.54, 1.807) is 24.4 Å². The van der Waals surface area contributed by atoms with E-state index in [0.29, 0.717) is 17.3 Å². The summed E-state index contributed by atoms with van der Waals surface area (Å²) in [5, 5.41) is 0. The van der Waals surface area contributed by atoms with Gasteiger partial charge in [-0.05, 0) is 35.2 Å². The average Bonchev–Trinajstić information content (AvgIpc) is 2.52. The summed E-state index contributed by atoms with van der Waals surface area (Å²) in [7, 11) is -1.74. The van der Waals surface area contributed by atoms with E-state index in [2.05, 4.69) is 31.0 Å². The molecule has 2 aromatic rings. The number of rotatable bonds is 5. The van der Waals surface area contributed by atoms with Crippen molar-refractivity contribution in [1.82, 2.24) is 0 Å². The molecular weight excluding hydrogens is 308 g/mol. The van der Waals surface area contributed by atoms with Crippen LogP contribution in [0.25, 0.3) is 0 Å². The Morgan fingerprint density at radius 2 is 1.74 bits per heavy atom. The minimum atomic E-state index is -3.27. The molecule has 0 aliphatic carbocycles. The number of hydrogen-bond donors (Lipinski definition) is 0. The summed E-state index contributed by atoms with van der Waals surface area (Å²) in [5.41, 5.74) is 3.61. The predicted octanol–water partition coefficient (Wildman–Crippen LogP) is 3.96. The van der Waals surface area contributed by atoms with Crippen LogP contribution in [0.15, 0.2) is 53.5 Å². The van der Waals surface area contributed by atoms with Crippen molar-refractivity contribution in [2.75, 3.05) is 17.6 Å². The SMILES string of the molecule is CC(C)c1ccc(C=Nc2cccc(N(C)S(C)(=O)=O)c2)cc1. The summed E-state index contributed by atoms with van der Waals surface area (Å²) in [6, 6.07) is 15.4. The summed E-state index contributed by atoms with van der Waals surface area (Å²) < 4.78 is 24.4. The van der Waals surface area contributed by atoms with E-state index < -0.39 is 10.0 Å². The second-order valence-electron chi connectivity index (χ2n) is 5.83. The van der Waals surface area contributed by atoms with Crippen LogP contribution in [0.4, 0.5) is 11.4 Å². The van der Waals surface area contributed by atoms with Crippen molar-refractivity contribution in [3.63, 3.8) is 0 Å². The topological polar surface area (TPSA) is 49.7 Å². The standard InChI is InChI=1S/C18H22N2O2S/c1-14(2)16-10-8-15(9-11-16)13-19-17-6-5-7-18(12-17)20(3)23(4,21)22/h5-14H,1-4H3. The van der Waals surface area contributed by atoms with Gasteiger partial charge >= 0.3 is 0 Å². The quantitative estimate of drug-likeness (QED) is 0.779. The Kier molecular flexibility index (Phi) is 5.21. The fourth-order valence-electron chi connectivity index (χ4n) is 2.08. The van der Waals surface area contributed by atoms with Crippen molar-refractivity contribution in [3.8, 4) is 0 Å². The van der Waals surface area contributed by atoms with Gasteiger partial charge in [0.1, 0.15) is 0 Å². The van der Waals surface area contributed by atoms with Crippen molar-refractivity contribution in [2.45, 2.75) is 19.8 Å². The average molecular weight is 330 g/mol. The van der Waals surface area contributed by atoms with E-state index in [0.717, 1.165) is 5.56 Å². The lowest BCUT2D eigenvalue weighted by molar-refractivity contribution is 0.600. The van der Waals surface area contributed by atoms with Crippen LogP contribution in [-0.2, 0) is 10.0 Å². The first-order chi connectivity index (χ1) is 10.8. The Hall–Kier alpha value is -2.14. The van der Waals surface area contributed by atoms with Crippen LogP contribution in [0.5, 0.6) is 0 Å². The van der Waals surface area contributed by atoms with Gasteiger partial charge in [-0.15, -0.1) is 0 Å². The highest BCUT2D eigenvalue weighted by atomic mass is 32.2. The lowest BCUT2D eigenvalue weighted by Gasteiger charge is -2.16. The van der Waals surface area contributed by atoms with E-state index in [1.807, 2.05) is 18.2 Å². The molecule has 5 heteroatoms. The summed E-state index contributed by atoms with van der Waals surface area (Å²) in [4.78, 5) is 4.43. The molecular formula is C18H22N2O2S. The molecule has 0 atom stereocenters. The molecule has 4 nitrogen and oxygen atoms in total. The van der Waals surface area contributed by atoms with Crippen LogP contribution < -0.4 is 4.31 Å². The molecule has 2 rings (SSSR count). The molecule has 0 aliphatic heterocycles. The van der Waals surface area contributed by atoms with Crippen LogP contribution in [0.2, 0.25) is 0 Å². The van der Waals surface area contributed by atoms with Gasteiger partial charge in [-0.3, -0.25) is 9.30 Å². The molecule has 0 bridgehead atoms. The van der Waals surface area contributed by atoms with Gasteiger partial charge < -0.3 is 0 Å². The fraction of sp³-hybridized carbons (Fsp3) is 0.278. The van der Waals surface area contributed by atoms with Gasteiger partial charge in [0.2, 0.25) is 10.0 Å². The monoisotopic (exact) mass is 330 g/mol. The number of hydrogen-bond acceptors (Lipinski definition) is 3. The van der Waals surface area contributed by atoms with E-state index in [1.165, 1.54) is 23.2 Å². The minimum absolute atomic E-state index is 0.504. The van der Waals surface area contributed by atoms with Gasteiger partial charge in [0.05, 0.1) is 17.6 Å². The van der Waals surface area contributed by atoms with Crippen LogP contribution >= 0.6 is 0 Å². The molecule has 0 aromatic heterocycles. The largest absolute Gasteiger partial charge is 0.273 e. The third-order valence-electron chi connectivity index (χ3n) is 3.66. The molecule has 0 heterocycles. The first-order valence-corrected chi connectivity index (χ1v) is 9.30. The third kappa shape index (κ3) is 4.66. The van der Waals surface area contributed by atoms with Crippen molar-refractivity contribution < 1.29 is 8.42 Å². The zero-order chi connectivity index (χ0) is 17.0. The Morgan fingerprint density at radius 3 is 2.30 bits per heavy atom. The highest BCUT2D eigenvalue weighted by Gasteiger charge is 2.11. The smallest absolute Gasteiger partial charge is 0.231 e. The maximum absolute atomic E-state index is 11.6. The van der Waals surface area contributed by atoms with Crippen molar-refractivity contribution in [3.05, 3.63) is 59.7 Å². The van der Waals surface area contributed by atoms with Gasteiger partial charge in [0.25, 0.3) is 0 Å². The number of anilines is 1. The third-order valence-corrected chi connectivity index (χ3v) is 4.86. The zero-order valence-electron chi connectivity index (χ0n) is 13.9. The Balaban J connectivity index is 2.20. The Labute approximate surface area is 138 Å². The molecule has 0 radical (unpaired) electrons. The molecule has 2 aromatic carbocycles. The molecule has 0 N–H and O–H groups in total. The molecule has 23 heavy (non-hydrogen) atoms. The lowest BCUT2D eigenvalue weighted by atomic mass is 10.0. The summed E-state index contributed by atoms with van der Waals surface area (Å²) in [5.74, 6) is 0.504. The highest BCUT2D eigenvalue weighted by Crippen LogP contribution is 2.22. The molecule has 0 aliphatic rings. The highest BCUT2D eigenvalue weighted by molar-refractivity contribution is 7.92. The summed E-state index contributed by atoms with van der Waals surface area (Å²) in [6.45, 7) is 4.32. The van der Waals surface area contributed by atoms with Crippen molar-refractivity contribution in [1.29, 1.82) is 0 Å². The number of sulfonamides is 1.